The van der Waals surface area contributed by atoms with E-state index >= 15 is 0 Å². The van der Waals surface area contributed by atoms with E-state index in [1.165, 1.54) is 36.5 Å². The van der Waals surface area contributed by atoms with Gasteiger partial charge in [0.2, 0.25) is 0 Å². The summed E-state index contributed by atoms with van der Waals surface area (Å²) in [5, 5.41) is 33.4. The van der Waals surface area contributed by atoms with E-state index in [4.69, 9.17) is 0 Å². The van der Waals surface area contributed by atoms with Crippen LogP contribution in [0.2, 0.25) is 0 Å². The summed E-state index contributed by atoms with van der Waals surface area (Å²) in [7, 11) is 0. The molecule has 5 heteroatoms. The van der Waals surface area contributed by atoms with Gasteiger partial charge >= 0.3 is 0 Å². The Hall–Kier alpha value is -6.24. The molecule has 2 unspecified atom stereocenters. The third-order valence-corrected chi connectivity index (χ3v) is 7.62. The molecule has 226 valence electrons. The second-order valence-electron chi connectivity index (χ2n) is 11.1. The van der Waals surface area contributed by atoms with E-state index in [0.29, 0.717) is 33.4 Å². The fourth-order valence-electron chi connectivity index (χ4n) is 5.20. The lowest BCUT2D eigenvalue weighted by Gasteiger charge is -2.20. The molecule has 4 aromatic carbocycles. The summed E-state index contributed by atoms with van der Waals surface area (Å²) in [4.78, 5) is 25.3. The molecule has 5 nitrogen and oxygen atoms in total. The van der Waals surface area contributed by atoms with Gasteiger partial charge in [-0.2, -0.15) is 0 Å². The van der Waals surface area contributed by atoms with Gasteiger partial charge in [0.15, 0.2) is 22.8 Å². The number of carbonyl (C=O) groups excluding carboxylic acids is 2. The van der Waals surface area contributed by atoms with Gasteiger partial charge in [0.1, 0.15) is 5.75 Å². The zero-order valence-corrected chi connectivity index (χ0v) is 25.1. The van der Waals surface area contributed by atoms with Crippen molar-refractivity contribution in [1.29, 1.82) is 0 Å². The summed E-state index contributed by atoms with van der Waals surface area (Å²) >= 11 is 0. The van der Waals surface area contributed by atoms with Crippen LogP contribution in [-0.2, 0) is 9.59 Å². The Morgan fingerprint density at radius 1 is 0.596 bits per heavy atom. The second-order valence-corrected chi connectivity index (χ2v) is 11.1. The highest BCUT2D eigenvalue weighted by molar-refractivity contribution is 6.28. The molecule has 0 heterocycles. The first-order chi connectivity index (χ1) is 22.7. The van der Waals surface area contributed by atoms with Crippen molar-refractivity contribution < 1.29 is 24.9 Å². The van der Waals surface area contributed by atoms with Gasteiger partial charge in [0.05, 0.1) is 5.57 Å². The Labute approximate surface area is 272 Å². The molecule has 47 heavy (non-hydrogen) atoms. The maximum atomic E-state index is 12.7. The largest absolute Gasteiger partial charge is 0.507 e. The Kier molecular flexibility index (Phi) is 8.52. The topological polar surface area (TPSA) is 94.8 Å². The number of carbonyl (C=O) groups is 2. The SMILES string of the molecule is O=C1C=CC(O)(C#CC(C#CC2(O)C=CC(=O)C(c3ccccc3)=C2)=Cc2ccc(O)c(-c3ccccc3)c2)C=C1c1ccccc1. The lowest BCUT2D eigenvalue weighted by molar-refractivity contribution is -0.110. The van der Waals surface area contributed by atoms with Gasteiger partial charge in [0.25, 0.3) is 0 Å². The molecular formula is C42H28O5. The Morgan fingerprint density at radius 2 is 1.04 bits per heavy atom. The third-order valence-electron chi connectivity index (χ3n) is 7.62. The van der Waals surface area contributed by atoms with Crippen LogP contribution in [0, 0.1) is 23.7 Å². The van der Waals surface area contributed by atoms with Crippen LogP contribution in [0.3, 0.4) is 0 Å². The van der Waals surface area contributed by atoms with Crippen molar-refractivity contribution in [3.8, 4) is 40.6 Å². The summed E-state index contributed by atoms with van der Waals surface area (Å²) in [6.45, 7) is 0. The predicted molar refractivity (Wildman–Crippen MR) is 184 cm³/mol. The fourth-order valence-corrected chi connectivity index (χ4v) is 5.20. The van der Waals surface area contributed by atoms with Crippen LogP contribution >= 0.6 is 0 Å². The van der Waals surface area contributed by atoms with Crippen LogP contribution in [0.5, 0.6) is 5.75 Å². The molecule has 0 spiro atoms. The first-order valence-corrected chi connectivity index (χ1v) is 14.9. The first-order valence-electron chi connectivity index (χ1n) is 14.9. The van der Waals surface area contributed by atoms with Gasteiger partial charge in [-0.3, -0.25) is 9.59 Å². The number of hydrogen-bond donors (Lipinski definition) is 3. The molecule has 2 aliphatic rings. The molecule has 0 aromatic heterocycles. The normalized spacial score (nSPS) is 19.8. The molecule has 6 rings (SSSR count). The van der Waals surface area contributed by atoms with Crippen molar-refractivity contribution in [2.24, 2.45) is 0 Å². The molecule has 0 saturated heterocycles. The quantitative estimate of drug-likeness (QED) is 0.233. The molecule has 0 fully saturated rings. The Morgan fingerprint density at radius 3 is 1.51 bits per heavy atom. The van der Waals surface area contributed by atoms with Crippen LogP contribution in [0.25, 0.3) is 28.3 Å². The molecule has 0 saturated carbocycles. The highest BCUT2D eigenvalue weighted by atomic mass is 16.3. The summed E-state index contributed by atoms with van der Waals surface area (Å²) in [5.41, 5.74) is 0.681. The summed E-state index contributed by atoms with van der Waals surface area (Å²) in [5.74, 6) is 11.2. The van der Waals surface area contributed by atoms with Crippen molar-refractivity contribution in [3.05, 3.63) is 168 Å². The molecule has 0 bridgehead atoms. The minimum atomic E-state index is -1.78. The standard InChI is InChI=1S/C42H28O5/c43-38-17-16-31(27-35(38)32-10-4-1-5-11-32)26-30(18-22-41(46)24-20-39(44)36(28-41)33-12-6-2-7-13-33)19-23-42(47)25-21-40(45)37(29-42)34-14-8-3-9-15-34/h1-17,20-21,24-29,43,46-47H. The van der Waals surface area contributed by atoms with Crippen LogP contribution in [0.4, 0.5) is 0 Å². The Balaban J connectivity index is 1.43. The van der Waals surface area contributed by atoms with E-state index in [2.05, 4.69) is 23.7 Å². The predicted octanol–water partition coefficient (Wildman–Crippen LogP) is 6.36. The van der Waals surface area contributed by atoms with Crippen LogP contribution < -0.4 is 0 Å². The number of rotatable bonds is 4. The van der Waals surface area contributed by atoms with Crippen molar-refractivity contribution in [3.63, 3.8) is 0 Å². The monoisotopic (exact) mass is 612 g/mol. The molecule has 4 aromatic rings. The molecule has 0 aliphatic heterocycles. The molecule has 0 amide bonds. The maximum absolute atomic E-state index is 12.7. The third kappa shape index (κ3) is 7.20. The van der Waals surface area contributed by atoms with Crippen molar-refractivity contribution >= 4 is 28.8 Å². The van der Waals surface area contributed by atoms with E-state index in [1.807, 2.05) is 42.5 Å². The highest BCUT2D eigenvalue weighted by Gasteiger charge is 2.27. The minimum Gasteiger partial charge on any atom is -0.507 e. The second kappa shape index (κ2) is 13.0. The smallest absolute Gasteiger partial charge is 0.186 e. The maximum Gasteiger partial charge on any atom is 0.186 e. The zero-order valence-electron chi connectivity index (χ0n) is 25.1. The average molecular weight is 613 g/mol. The van der Waals surface area contributed by atoms with Crippen molar-refractivity contribution in [2.75, 3.05) is 0 Å². The number of aromatic hydroxyl groups is 1. The van der Waals surface area contributed by atoms with Gasteiger partial charge < -0.3 is 15.3 Å². The molecule has 2 aliphatic carbocycles. The van der Waals surface area contributed by atoms with Gasteiger partial charge in [0, 0.05) is 16.7 Å². The van der Waals surface area contributed by atoms with Crippen molar-refractivity contribution in [1.82, 2.24) is 0 Å². The number of phenols is 1. The van der Waals surface area contributed by atoms with E-state index in [1.54, 1.807) is 72.8 Å². The number of benzene rings is 4. The zero-order chi connectivity index (χ0) is 32.9. The number of aliphatic hydroxyl groups is 2. The number of hydrogen-bond acceptors (Lipinski definition) is 5. The van der Waals surface area contributed by atoms with Crippen molar-refractivity contribution in [2.45, 2.75) is 11.2 Å². The summed E-state index contributed by atoms with van der Waals surface area (Å²) < 4.78 is 0. The van der Waals surface area contributed by atoms with Crippen LogP contribution in [0.1, 0.15) is 16.7 Å². The molecule has 2 atom stereocenters. The summed E-state index contributed by atoms with van der Waals surface area (Å²) in [6.07, 6.45) is 9.74. The minimum absolute atomic E-state index is 0.0990. The molecule has 0 radical (unpaired) electrons. The van der Waals surface area contributed by atoms with Gasteiger partial charge in [-0.15, -0.1) is 0 Å². The van der Waals surface area contributed by atoms with Crippen LogP contribution in [-0.4, -0.2) is 38.1 Å². The molecule has 3 N–H and O–H groups in total. The average Bonchev–Trinajstić information content (AvgIpc) is 3.10. The van der Waals surface area contributed by atoms with Gasteiger partial charge in [-0.25, -0.2) is 0 Å². The van der Waals surface area contributed by atoms with E-state index in [-0.39, 0.29) is 22.9 Å². The summed E-state index contributed by atoms with van der Waals surface area (Å²) in [6, 6.07) is 32.5. The number of allylic oxidation sites excluding steroid dienone is 5. The van der Waals surface area contributed by atoms with Gasteiger partial charge in [-0.05, 0) is 76.9 Å². The van der Waals surface area contributed by atoms with Gasteiger partial charge in [-0.1, -0.05) is 121 Å². The van der Waals surface area contributed by atoms with Crippen LogP contribution in [0.15, 0.2) is 151 Å². The molecular weight excluding hydrogens is 584 g/mol. The lowest BCUT2D eigenvalue weighted by Crippen LogP contribution is -2.26. The van der Waals surface area contributed by atoms with E-state index in [9.17, 15) is 24.9 Å². The van der Waals surface area contributed by atoms with E-state index in [0.717, 1.165) is 5.56 Å². The fraction of sp³-hybridized carbons (Fsp3) is 0.0476. The first kappa shape index (κ1) is 30.8. The lowest BCUT2D eigenvalue weighted by atomic mass is 9.88. The highest BCUT2D eigenvalue weighted by Crippen LogP contribution is 2.31. The van der Waals surface area contributed by atoms with E-state index < -0.39 is 11.2 Å². The number of ketones is 2. The number of phenolic OH excluding ortho intramolecular Hbond substituents is 1. The Bertz CT molecular complexity index is 2040.